The van der Waals surface area contributed by atoms with Gasteiger partial charge in [-0.15, -0.1) is 11.6 Å². The number of hydrogen-bond donors (Lipinski definition) is 1. The maximum absolute atomic E-state index is 9.24. The monoisotopic (exact) mass is 717 g/mol. The van der Waals surface area contributed by atoms with E-state index in [0.29, 0.717) is 12.5 Å². The predicted molar refractivity (Wildman–Crippen MR) is 202 cm³/mol. The molecule has 274 valence electrons. The van der Waals surface area contributed by atoms with Crippen LogP contribution in [0.25, 0.3) is 16.6 Å². The lowest BCUT2D eigenvalue weighted by Crippen LogP contribution is -2.39. The summed E-state index contributed by atoms with van der Waals surface area (Å²) in [5, 5.41) is 21.9. The zero-order valence-corrected chi connectivity index (χ0v) is 31.5. The van der Waals surface area contributed by atoms with E-state index < -0.39 is 0 Å². The summed E-state index contributed by atoms with van der Waals surface area (Å²) in [5.41, 5.74) is 5.72. The van der Waals surface area contributed by atoms with E-state index >= 15 is 0 Å². The molecule has 11 nitrogen and oxygen atoms in total. The van der Waals surface area contributed by atoms with Gasteiger partial charge in [0.05, 0.1) is 60.8 Å². The standard InChI is InChI=1S/C16H23N3O2.C12H15ClN2O.C11H14N2O/c1-16(2,21-12-9-18-7-10-20-11-8-18)14-3-4-15-5-6-17-19(15)13-14;1-12(2,16-8-6-13)10-3-4-11-5-7-14-15(11)9-10;1-11(2,8-14)9-3-4-10-5-6-12-13(10)7-9/h3-6,13H,7-12H2,1-2H3;3-5,7,9H,6,8H2,1-2H3;3-7,14H,8H2,1-2H3. The Morgan fingerprint density at radius 3 is 1.53 bits per heavy atom. The highest BCUT2D eigenvalue weighted by Gasteiger charge is 2.23. The highest BCUT2D eigenvalue weighted by Crippen LogP contribution is 2.26. The lowest BCUT2D eigenvalue weighted by molar-refractivity contribution is -0.0422. The summed E-state index contributed by atoms with van der Waals surface area (Å²) >= 11 is 5.63. The zero-order chi connectivity index (χ0) is 36.5. The average Bonchev–Trinajstić information content (AvgIpc) is 3.92. The summed E-state index contributed by atoms with van der Waals surface area (Å²) in [4.78, 5) is 2.39. The van der Waals surface area contributed by atoms with Crippen LogP contribution >= 0.6 is 11.6 Å². The van der Waals surface area contributed by atoms with Gasteiger partial charge in [0.25, 0.3) is 0 Å². The first-order valence-corrected chi connectivity index (χ1v) is 18.0. The van der Waals surface area contributed by atoms with E-state index in [1.54, 1.807) is 12.4 Å². The Balaban J connectivity index is 0.000000152. The van der Waals surface area contributed by atoms with E-state index in [1.807, 2.05) is 102 Å². The number of aliphatic hydroxyl groups is 1. The van der Waals surface area contributed by atoms with Crippen LogP contribution in [-0.4, -0.2) is 97.4 Å². The number of rotatable bonds is 11. The third-order valence-corrected chi connectivity index (χ3v) is 9.42. The SMILES string of the molecule is CC(C)(CO)c1ccc2ccnn2c1.CC(C)(OCCCl)c1ccc2ccnn2c1.CC(C)(OCCN1CCOCC1)c1ccc2ccnn2c1. The van der Waals surface area contributed by atoms with Gasteiger partial charge in [0.2, 0.25) is 0 Å². The molecule has 7 rings (SSSR count). The first-order valence-electron chi connectivity index (χ1n) is 17.5. The van der Waals surface area contributed by atoms with Crippen molar-refractivity contribution < 1.29 is 19.3 Å². The van der Waals surface area contributed by atoms with Crippen molar-refractivity contribution >= 4 is 28.2 Å². The summed E-state index contributed by atoms with van der Waals surface area (Å²) in [6.45, 7) is 18.3. The van der Waals surface area contributed by atoms with Gasteiger partial charge in [0.1, 0.15) is 0 Å². The molecule has 0 amide bonds. The van der Waals surface area contributed by atoms with Gasteiger partial charge < -0.3 is 19.3 Å². The van der Waals surface area contributed by atoms with E-state index in [1.165, 1.54) is 0 Å². The molecule has 12 heteroatoms. The summed E-state index contributed by atoms with van der Waals surface area (Å²) in [6.07, 6.45) is 11.4. The van der Waals surface area contributed by atoms with E-state index in [9.17, 15) is 5.11 Å². The van der Waals surface area contributed by atoms with Crippen molar-refractivity contribution in [2.75, 3.05) is 58.5 Å². The molecule has 0 aliphatic carbocycles. The van der Waals surface area contributed by atoms with E-state index in [2.05, 4.69) is 52.2 Å². The number of nitrogens with zero attached hydrogens (tertiary/aromatic N) is 7. The van der Waals surface area contributed by atoms with Gasteiger partial charge in [-0.1, -0.05) is 32.0 Å². The van der Waals surface area contributed by atoms with Crippen molar-refractivity contribution in [3.63, 3.8) is 0 Å². The highest BCUT2D eigenvalue weighted by atomic mass is 35.5. The van der Waals surface area contributed by atoms with Crippen LogP contribution in [0.4, 0.5) is 0 Å². The molecule has 0 aromatic carbocycles. The molecule has 6 aromatic rings. The van der Waals surface area contributed by atoms with Crippen LogP contribution < -0.4 is 0 Å². The molecular formula is C39H52ClN7O4. The van der Waals surface area contributed by atoms with Gasteiger partial charge in [-0.05, 0) is 69.7 Å². The Bertz CT molecular complexity index is 1960. The second-order valence-corrected chi connectivity index (χ2v) is 14.6. The molecule has 1 fully saturated rings. The van der Waals surface area contributed by atoms with Crippen molar-refractivity contribution in [2.45, 2.75) is 58.2 Å². The number of ether oxygens (including phenoxy) is 3. The quantitative estimate of drug-likeness (QED) is 0.155. The number of fused-ring (bicyclic) bond motifs is 3. The Hall–Kier alpha value is -3.84. The van der Waals surface area contributed by atoms with E-state index in [0.717, 1.165) is 72.7 Å². The normalized spacial score (nSPS) is 14.4. The zero-order valence-electron chi connectivity index (χ0n) is 30.7. The second kappa shape index (κ2) is 17.1. The molecule has 1 N–H and O–H groups in total. The molecule has 0 saturated carbocycles. The first kappa shape index (κ1) is 38.4. The van der Waals surface area contributed by atoms with E-state index in [-0.39, 0.29) is 23.2 Å². The van der Waals surface area contributed by atoms with Crippen LogP contribution in [-0.2, 0) is 30.8 Å². The Labute approximate surface area is 305 Å². The molecule has 0 radical (unpaired) electrons. The third kappa shape index (κ3) is 10.2. The number of alkyl halides is 1. The number of pyridine rings is 3. The summed E-state index contributed by atoms with van der Waals surface area (Å²) in [7, 11) is 0. The lowest BCUT2D eigenvalue weighted by atomic mass is 9.87. The maximum atomic E-state index is 9.24. The lowest BCUT2D eigenvalue weighted by Gasteiger charge is -2.30. The van der Waals surface area contributed by atoms with Crippen molar-refractivity contribution in [1.29, 1.82) is 0 Å². The number of halogens is 1. The minimum absolute atomic E-state index is 0.139. The molecule has 0 unspecified atom stereocenters. The first-order chi connectivity index (χ1) is 24.4. The largest absolute Gasteiger partial charge is 0.395 e. The molecule has 1 aliphatic rings. The van der Waals surface area contributed by atoms with Crippen molar-refractivity contribution in [3.05, 3.63) is 108 Å². The molecule has 1 aliphatic heterocycles. The van der Waals surface area contributed by atoms with Crippen LogP contribution in [0.1, 0.15) is 58.2 Å². The topological polar surface area (TPSA) is 103 Å². The maximum Gasteiger partial charge on any atom is 0.0890 e. The van der Waals surface area contributed by atoms with E-state index in [4.69, 9.17) is 25.8 Å². The fraction of sp³-hybridized carbons (Fsp3) is 0.462. The molecule has 0 atom stereocenters. The third-order valence-electron chi connectivity index (χ3n) is 9.27. The minimum atomic E-state index is -0.338. The molecule has 6 aromatic heterocycles. The van der Waals surface area contributed by atoms with Crippen molar-refractivity contribution in [2.24, 2.45) is 0 Å². The average molecular weight is 718 g/mol. The van der Waals surface area contributed by atoms with Gasteiger partial charge in [-0.25, -0.2) is 13.5 Å². The van der Waals surface area contributed by atoms with Gasteiger partial charge in [-0.2, -0.15) is 15.3 Å². The van der Waals surface area contributed by atoms with Crippen LogP contribution in [0.5, 0.6) is 0 Å². The summed E-state index contributed by atoms with van der Waals surface area (Å²) in [5.74, 6) is 0.507. The molecule has 7 heterocycles. The molecule has 0 bridgehead atoms. The Kier molecular flexibility index (Phi) is 12.9. The minimum Gasteiger partial charge on any atom is -0.395 e. The smallest absolute Gasteiger partial charge is 0.0890 e. The number of hydrogen-bond acceptors (Lipinski definition) is 8. The predicted octanol–water partition coefficient (Wildman–Crippen LogP) is 6.35. The summed E-state index contributed by atoms with van der Waals surface area (Å²) < 4.78 is 22.8. The molecular weight excluding hydrogens is 666 g/mol. The number of morpholine rings is 1. The second-order valence-electron chi connectivity index (χ2n) is 14.3. The van der Waals surface area contributed by atoms with Crippen LogP contribution in [0, 0.1) is 0 Å². The van der Waals surface area contributed by atoms with Gasteiger partial charge in [0.15, 0.2) is 0 Å². The molecule has 51 heavy (non-hydrogen) atoms. The fourth-order valence-electron chi connectivity index (χ4n) is 5.66. The highest BCUT2D eigenvalue weighted by molar-refractivity contribution is 6.17. The van der Waals surface area contributed by atoms with Gasteiger partial charge in [0, 0.05) is 79.2 Å². The van der Waals surface area contributed by atoms with Crippen molar-refractivity contribution in [3.8, 4) is 0 Å². The summed E-state index contributed by atoms with van der Waals surface area (Å²) in [6, 6.07) is 18.3. The van der Waals surface area contributed by atoms with Crippen molar-refractivity contribution in [1.82, 2.24) is 33.7 Å². The number of aromatic nitrogens is 6. The Morgan fingerprint density at radius 1 is 0.647 bits per heavy atom. The fourth-order valence-corrected chi connectivity index (χ4v) is 5.74. The van der Waals surface area contributed by atoms with Gasteiger partial charge in [-0.3, -0.25) is 4.90 Å². The van der Waals surface area contributed by atoms with Crippen LogP contribution in [0.15, 0.2) is 91.8 Å². The number of aliphatic hydroxyl groups excluding tert-OH is 1. The Morgan fingerprint density at radius 2 is 1.08 bits per heavy atom. The van der Waals surface area contributed by atoms with Gasteiger partial charge >= 0.3 is 0 Å². The van der Waals surface area contributed by atoms with Crippen LogP contribution in [0.3, 0.4) is 0 Å². The van der Waals surface area contributed by atoms with Crippen LogP contribution in [0.2, 0.25) is 0 Å². The molecule has 1 saturated heterocycles. The molecule has 0 spiro atoms.